The van der Waals surface area contributed by atoms with Crippen molar-refractivity contribution in [3.8, 4) is 0 Å². The SMILES string of the molecule is O=C1NCCCN(C2CCNC2)C1=O. The molecular formula is C9H15N3O2. The summed E-state index contributed by atoms with van der Waals surface area (Å²) < 4.78 is 0. The fourth-order valence-corrected chi connectivity index (χ4v) is 2.01. The minimum atomic E-state index is -0.450. The lowest BCUT2D eigenvalue weighted by Gasteiger charge is -2.25. The van der Waals surface area contributed by atoms with E-state index in [0.717, 1.165) is 25.9 Å². The topological polar surface area (TPSA) is 61.4 Å². The number of amides is 2. The highest BCUT2D eigenvalue weighted by molar-refractivity contribution is 6.35. The van der Waals surface area contributed by atoms with Gasteiger partial charge in [0.1, 0.15) is 0 Å². The monoisotopic (exact) mass is 197 g/mol. The third kappa shape index (κ3) is 1.72. The molecular weight excluding hydrogens is 182 g/mol. The summed E-state index contributed by atoms with van der Waals surface area (Å²) in [6.45, 7) is 3.07. The molecule has 2 fully saturated rings. The second-order valence-corrected chi connectivity index (χ2v) is 3.75. The molecule has 0 saturated carbocycles. The van der Waals surface area contributed by atoms with Crippen molar-refractivity contribution in [2.24, 2.45) is 0 Å². The van der Waals surface area contributed by atoms with Crippen molar-refractivity contribution in [1.29, 1.82) is 0 Å². The fraction of sp³-hybridized carbons (Fsp3) is 0.778. The second-order valence-electron chi connectivity index (χ2n) is 3.75. The minimum Gasteiger partial charge on any atom is -0.348 e. The van der Waals surface area contributed by atoms with E-state index >= 15 is 0 Å². The molecule has 2 heterocycles. The summed E-state index contributed by atoms with van der Waals surface area (Å²) in [5, 5.41) is 5.80. The first kappa shape index (κ1) is 9.45. The van der Waals surface area contributed by atoms with Gasteiger partial charge in [-0.25, -0.2) is 0 Å². The standard InChI is InChI=1S/C9H15N3O2/c13-8-9(14)12(5-1-3-11-8)7-2-4-10-6-7/h7,10H,1-6H2,(H,11,13). The molecule has 5 heteroatoms. The van der Waals surface area contributed by atoms with Crippen LogP contribution in [0, 0.1) is 0 Å². The molecule has 1 atom stereocenters. The van der Waals surface area contributed by atoms with Crippen LogP contribution in [0.25, 0.3) is 0 Å². The van der Waals surface area contributed by atoms with Crippen molar-refractivity contribution >= 4 is 11.8 Å². The lowest BCUT2D eigenvalue weighted by Crippen LogP contribution is -2.46. The highest BCUT2D eigenvalue weighted by Crippen LogP contribution is 2.10. The van der Waals surface area contributed by atoms with Crippen LogP contribution in [-0.4, -0.2) is 48.9 Å². The Morgan fingerprint density at radius 2 is 2.14 bits per heavy atom. The highest BCUT2D eigenvalue weighted by Gasteiger charge is 2.31. The molecule has 0 aliphatic carbocycles. The van der Waals surface area contributed by atoms with Gasteiger partial charge in [0, 0.05) is 25.7 Å². The van der Waals surface area contributed by atoms with Crippen LogP contribution in [0.5, 0.6) is 0 Å². The zero-order valence-electron chi connectivity index (χ0n) is 8.08. The van der Waals surface area contributed by atoms with Crippen LogP contribution in [-0.2, 0) is 9.59 Å². The van der Waals surface area contributed by atoms with Gasteiger partial charge in [-0.1, -0.05) is 0 Å². The van der Waals surface area contributed by atoms with Crippen molar-refractivity contribution < 1.29 is 9.59 Å². The molecule has 78 valence electrons. The third-order valence-electron chi connectivity index (χ3n) is 2.79. The quantitative estimate of drug-likeness (QED) is 0.513. The van der Waals surface area contributed by atoms with Crippen molar-refractivity contribution in [3.63, 3.8) is 0 Å². The summed E-state index contributed by atoms with van der Waals surface area (Å²) in [7, 11) is 0. The Kier molecular flexibility index (Phi) is 2.67. The average molecular weight is 197 g/mol. The molecule has 0 aromatic carbocycles. The Morgan fingerprint density at radius 3 is 2.86 bits per heavy atom. The Bertz CT molecular complexity index is 248. The van der Waals surface area contributed by atoms with E-state index < -0.39 is 5.91 Å². The van der Waals surface area contributed by atoms with E-state index in [1.807, 2.05) is 0 Å². The first-order chi connectivity index (χ1) is 6.79. The smallest absolute Gasteiger partial charge is 0.312 e. The highest BCUT2D eigenvalue weighted by atomic mass is 16.2. The fourth-order valence-electron chi connectivity index (χ4n) is 2.01. The number of rotatable bonds is 1. The van der Waals surface area contributed by atoms with Gasteiger partial charge in [0.15, 0.2) is 0 Å². The number of nitrogens with one attached hydrogen (secondary N) is 2. The van der Waals surface area contributed by atoms with Crippen molar-refractivity contribution in [2.45, 2.75) is 18.9 Å². The number of hydrogen-bond acceptors (Lipinski definition) is 3. The first-order valence-corrected chi connectivity index (χ1v) is 5.08. The number of nitrogens with zero attached hydrogens (tertiary/aromatic N) is 1. The zero-order chi connectivity index (χ0) is 9.97. The number of hydrogen-bond donors (Lipinski definition) is 2. The molecule has 2 rings (SSSR count). The van der Waals surface area contributed by atoms with Crippen LogP contribution in [0.15, 0.2) is 0 Å². The number of carbonyl (C=O) groups excluding carboxylic acids is 2. The van der Waals surface area contributed by atoms with Crippen LogP contribution >= 0.6 is 0 Å². The summed E-state index contributed by atoms with van der Waals surface area (Å²) in [5.74, 6) is -0.814. The van der Waals surface area contributed by atoms with Gasteiger partial charge in [0.2, 0.25) is 0 Å². The Balaban J connectivity index is 2.07. The Labute approximate surface area is 82.8 Å². The molecule has 0 spiro atoms. The number of carbonyl (C=O) groups is 2. The lowest BCUT2D eigenvalue weighted by atomic mass is 10.2. The molecule has 0 aromatic heterocycles. The molecule has 14 heavy (non-hydrogen) atoms. The van der Waals surface area contributed by atoms with Gasteiger partial charge in [-0.3, -0.25) is 9.59 Å². The minimum absolute atomic E-state index is 0.214. The predicted molar refractivity (Wildman–Crippen MR) is 50.6 cm³/mol. The molecule has 1 unspecified atom stereocenters. The van der Waals surface area contributed by atoms with E-state index in [-0.39, 0.29) is 11.9 Å². The van der Waals surface area contributed by atoms with E-state index in [0.29, 0.717) is 13.1 Å². The summed E-state index contributed by atoms with van der Waals surface area (Å²) in [6, 6.07) is 0.214. The summed E-state index contributed by atoms with van der Waals surface area (Å²) in [4.78, 5) is 24.6. The maximum absolute atomic E-state index is 11.6. The Morgan fingerprint density at radius 1 is 1.29 bits per heavy atom. The normalized spacial score (nSPS) is 28.9. The molecule has 0 aromatic rings. The molecule has 5 nitrogen and oxygen atoms in total. The third-order valence-corrected chi connectivity index (χ3v) is 2.79. The lowest BCUT2D eigenvalue weighted by molar-refractivity contribution is -0.146. The molecule has 2 saturated heterocycles. The predicted octanol–water partition coefficient (Wildman–Crippen LogP) is -1.30. The summed E-state index contributed by atoms with van der Waals surface area (Å²) in [6.07, 6.45) is 1.81. The van der Waals surface area contributed by atoms with Gasteiger partial charge in [0.25, 0.3) is 0 Å². The first-order valence-electron chi connectivity index (χ1n) is 5.08. The summed E-state index contributed by atoms with van der Waals surface area (Å²) in [5.41, 5.74) is 0. The van der Waals surface area contributed by atoms with E-state index in [9.17, 15) is 9.59 Å². The molecule has 0 radical (unpaired) electrons. The van der Waals surface area contributed by atoms with Gasteiger partial charge in [-0.05, 0) is 19.4 Å². The van der Waals surface area contributed by atoms with E-state index in [4.69, 9.17) is 0 Å². The van der Waals surface area contributed by atoms with Crippen LogP contribution in [0.2, 0.25) is 0 Å². The van der Waals surface area contributed by atoms with Gasteiger partial charge < -0.3 is 15.5 Å². The van der Waals surface area contributed by atoms with Crippen molar-refractivity contribution in [3.05, 3.63) is 0 Å². The molecule has 2 aliphatic heterocycles. The van der Waals surface area contributed by atoms with Crippen LogP contribution in [0.3, 0.4) is 0 Å². The largest absolute Gasteiger partial charge is 0.348 e. The maximum atomic E-state index is 11.6. The summed E-state index contributed by atoms with van der Waals surface area (Å²) >= 11 is 0. The van der Waals surface area contributed by atoms with Crippen molar-refractivity contribution in [1.82, 2.24) is 15.5 Å². The van der Waals surface area contributed by atoms with Gasteiger partial charge in [0.05, 0.1) is 0 Å². The van der Waals surface area contributed by atoms with Crippen LogP contribution in [0.4, 0.5) is 0 Å². The van der Waals surface area contributed by atoms with Gasteiger partial charge in [-0.2, -0.15) is 0 Å². The van der Waals surface area contributed by atoms with E-state index in [1.165, 1.54) is 0 Å². The molecule has 2 aliphatic rings. The van der Waals surface area contributed by atoms with Gasteiger partial charge in [-0.15, -0.1) is 0 Å². The van der Waals surface area contributed by atoms with Crippen LogP contribution in [0.1, 0.15) is 12.8 Å². The van der Waals surface area contributed by atoms with Gasteiger partial charge >= 0.3 is 11.8 Å². The maximum Gasteiger partial charge on any atom is 0.312 e. The van der Waals surface area contributed by atoms with E-state index in [2.05, 4.69) is 10.6 Å². The van der Waals surface area contributed by atoms with E-state index in [1.54, 1.807) is 4.90 Å². The molecule has 2 N–H and O–H groups in total. The molecule has 0 bridgehead atoms. The zero-order valence-corrected chi connectivity index (χ0v) is 8.08. The average Bonchev–Trinajstić information content (AvgIpc) is 2.64. The Hall–Kier alpha value is -1.10. The molecule has 2 amide bonds. The van der Waals surface area contributed by atoms with Crippen molar-refractivity contribution in [2.75, 3.05) is 26.2 Å². The van der Waals surface area contributed by atoms with Crippen LogP contribution < -0.4 is 10.6 Å². The second kappa shape index (κ2) is 3.96.